The maximum atomic E-state index is 4.59. The van der Waals surface area contributed by atoms with Crippen LogP contribution in [0.3, 0.4) is 0 Å². The third-order valence-corrected chi connectivity index (χ3v) is 5.79. The monoisotopic (exact) mass is 321 g/mol. The van der Waals surface area contributed by atoms with E-state index < -0.39 is 0 Å². The normalized spacial score (nSPS) is 20.9. The number of hydrogen-bond donors (Lipinski definition) is 0. The lowest BCUT2D eigenvalue weighted by molar-refractivity contribution is 0.250. The van der Waals surface area contributed by atoms with E-state index in [4.69, 9.17) is 0 Å². The highest BCUT2D eigenvalue weighted by atomic mass is 14.7. The molecular formula is C23H31N. The number of aromatic nitrogens is 1. The standard InChI is InChI=1S/C23H31N/c1-3-18-6-5-7-21(16-18)9-8-20-10-13-22(14-11-20)23-15-12-19(4-2)17-24-23/h10-15,17-18,21H,3-9,16H2,1-2H3. The Morgan fingerprint density at radius 2 is 1.67 bits per heavy atom. The third kappa shape index (κ3) is 4.47. The summed E-state index contributed by atoms with van der Waals surface area (Å²) in [5.41, 5.74) is 5.08. The molecule has 0 spiro atoms. The lowest BCUT2D eigenvalue weighted by Gasteiger charge is -2.28. The van der Waals surface area contributed by atoms with Crippen LogP contribution in [0.1, 0.15) is 63.5 Å². The number of benzene rings is 1. The van der Waals surface area contributed by atoms with Crippen molar-refractivity contribution in [1.82, 2.24) is 4.98 Å². The summed E-state index contributed by atoms with van der Waals surface area (Å²) in [6.45, 7) is 4.52. The van der Waals surface area contributed by atoms with Gasteiger partial charge >= 0.3 is 0 Å². The Morgan fingerprint density at radius 1 is 0.917 bits per heavy atom. The summed E-state index contributed by atoms with van der Waals surface area (Å²) in [7, 11) is 0. The van der Waals surface area contributed by atoms with E-state index in [1.54, 1.807) is 0 Å². The van der Waals surface area contributed by atoms with Crippen LogP contribution in [0.25, 0.3) is 11.3 Å². The summed E-state index contributed by atoms with van der Waals surface area (Å²) in [4.78, 5) is 4.59. The molecule has 24 heavy (non-hydrogen) atoms. The van der Waals surface area contributed by atoms with E-state index in [-0.39, 0.29) is 0 Å². The Labute approximate surface area is 147 Å². The molecule has 1 saturated carbocycles. The minimum absolute atomic E-state index is 0.951. The lowest BCUT2D eigenvalue weighted by Crippen LogP contribution is -2.15. The second-order valence-electron chi connectivity index (χ2n) is 7.45. The summed E-state index contributed by atoms with van der Waals surface area (Å²) in [5, 5.41) is 0. The van der Waals surface area contributed by atoms with Crippen molar-refractivity contribution in [3.8, 4) is 11.3 Å². The fourth-order valence-electron chi connectivity index (χ4n) is 4.05. The van der Waals surface area contributed by atoms with Gasteiger partial charge in [0.25, 0.3) is 0 Å². The van der Waals surface area contributed by atoms with Crippen molar-refractivity contribution in [2.45, 2.75) is 65.2 Å². The smallest absolute Gasteiger partial charge is 0.0702 e. The Bertz CT molecular complexity index is 611. The Hall–Kier alpha value is -1.63. The van der Waals surface area contributed by atoms with Crippen LogP contribution in [-0.2, 0) is 12.8 Å². The molecule has 2 aromatic rings. The van der Waals surface area contributed by atoms with E-state index in [2.05, 4.69) is 55.2 Å². The van der Waals surface area contributed by atoms with Crippen molar-refractivity contribution in [3.05, 3.63) is 53.7 Å². The summed E-state index contributed by atoms with van der Waals surface area (Å²) in [5.74, 6) is 1.94. The second-order valence-corrected chi connectivity index (χ2v) is 7.45. The third-order valence-electron chi connectivity index (χ3n) is 5.79. The first kappa shape index (κ1) is 17.2. The SMILES string of the molecule is CCc1ccc(-c2ccc(CCC3CCCC(CC)C3)cc2)nc1. The molecule has 1 nitrogen and oxygen atoms in total. The molecule has 1 aliphatic carbocycles. The van der Waals surface area contributed by atoms with Crippen LogP contribution >= 0.6 is 0 Å². The van der Waals surface area contributed by atoms with Crippen molar-refractivity contribution in [1.29, 1.82) is 0 Å². The van der Waals surface area contributed by atoms with E-state index in [1.165, 1.54) is 61.6 Å². The highest BCUT2D eigenvalue weighted by Gasteiger charge is 2.20. The molecule has 128 valence electrons. The number of nitrogens with zero attached hydrogens (tertiary/aromatic N) is 1. The molecule has 0 bridgehead atoms. The van der Waals surface area contributed by atoms with Gasteiger partial charge in [0, 0.05) is 11.8 Å². The van der Waals surface area contributed by atoms with Crippen LogP contribution in [0.15, 0.2) is 42.6 Å². The number of aryl methyl sites for hydroxylation is 2. The van der Waals surface area contributed by atoms with Gasteiger partial charge in [-0.25, -0.2) is 0 Å². The van der Waals surface area contributed by atoms with Crippen LogP contribution in [-0.4, -0.2) is 4.98 Å². The van der Waals surface area contributed by atoms with E-state index in [0.717, 1.165) is 24.0 Å². The molecule has 0 radical (unpaired) electrons. The molecule has 1 heterocycles. The van der Waals surface area contributed by atoms with E-state index >= 15 is 0 Å². The molecule has 3 rings (SSSR count). The highest BCUT2D eigenvalue weighted by Crippen LogP contribution is 2.33. The van der Waals surface area contributed by atoms with E-state index in [9.17, 15) is 0 Å². The van der Waals surface area contributed by atoms with Crippen molar-refractivity contribution < 1.29 is 0 Å². The molecule has 2 atom stereocenters. The molecule has 0 aliphatic heterocycles. The van der Waals surface area contributed by atoms with Crippen LogP contribution in [0, 0.1) is 11.8 Å². The number of pyridine rings is 1. The molecule has 1 fully saturated rings. The van der Waals surface area contributed by atoms with Crippen molar-refractivity contribution in [2.75, 3.05) is 0 Å². The minimum Gasteiger partial charge on any atom is -0.256 e. The van der Waals surface area contributed by atoms with Crippen molar-refractivity contribution >= 4 is 0 Å². The van der Waals surface area contributed by atoms with E-state index in [0.29, 0.717) is 0 Å². The van der Waals surface area contributed by atoms with Gasteiger partial charge in [-0.3, -0.25) is 4.98 Å². The van der Waals surface area contributed by atoms with Gasteiger partial charge in [-0.2, -0.15) is 0 Å². The van der Waals surface area contributed by atoms with Gasteiger partial charge in [-0.15, -0.1) is 0 Å². The van der Waals surface area contributed by atoms with Crippen molar-refractivity contribution in [2.24, 2.45) is 11.8 Å². The Morgan fingerprint density at radius 3 is 2.33 bits per heavy atom. The Kier molecular flexibility index (Phi) is 6.07. The van der Waals surface area contributed by atoms with E-state index in [1.807, 2.05) is 6.20 Å². The van der Waals surface area contributed by atoms with Gasteiger partial charge in [0.1, 0.15) is 0 Å². The molecule has 1 aromatic carbocycles. The summed E-state index contributed by atoms with van der Waals surface area (Å²) < 4.78 is 0. The fourth-order valence-corrected chi connectivity index (χ4v) is 4.05. The van der Waals surface area contributed by atoms with Gasteiger partial charge < -0.3 is 0 Å². The molecule has 0 amide bonds. The number of rotatable bonds is 6. The van der Waals surface area contributed by atoms with Gasteiger partial charge in [-0.1, -0.05) is 69.9 Å². The summed E-state index contributed by atoms with van der Waals surface area (Å²) >= 11 is 0. The van der Waals surface area contributed by atoms with Crippen LogP contribution < -0.4 is 0 Å². The van der Waals surface area contributed by atoms with Crippen LogP contribution in [0.2, 0.25) is 0 Å². The molecule has 1 aromatic heterocycles. The minimum atomic E-state index is 0.951. The molecule has 1 aliphatic rings. The van der Waals surface area contributed by atoms with Gasteiger partial charge in [0.05, 0.1) is 5.69 Å². The molecule has 0 N–H and O–H groups in total. The molecule has 2 unspecified atom stereocenters. The first-order chi connectivity index (χ1) is 11.8. The van der Waals surface area contributed by atoms with Crippen molar-refractivity contribution in [3.63, 3.8) is 0 Å². The quantitative estimate of drug-likeness (QED) is 0.595. The Balaban J connectivity index is 1.56. The van der Waals surface area contributed by atoms with Gasteiger partial charge in [-0.05, 0) is 54.7 Å². The van der Waals surface area contributed by atoms with Gasteiger partial charge in [0.2, 0.25) is 0 Å². The van der Waals surface area contributed by atoms with Crippen LogP contribution in [0.4, 0.5) is 0 Å². The average molecular weight is 322 g/mol. The summed E-state index contributed by atoms with van der Waals surface area (Å²) in [6, 6.07) is 13.4. The molecule has 1 heteroatoms. The topological polar surface area (TPSA) is 12.9 Å². The zero-order valence-electron chi connectivity index (χ0n) is 15.3. The highest BCUT2D eigenvalue weighted by molar-refractivity contribution is 5.59. The number of hydrogen-bond acceptors (Lipinski definition) is 1. The maximum absolute atomic E-state index is 4.59. The zero-order valence-corrected chi connectivity index (χ0v) is 15.3. The average Bonchev–Trinajstić information content (AvgIpc) is 2.67. The zero-order chi connectivity index (χ0) is 16.8. The second kappa shape index (κ2) is 8.46. The maximum Gasteiger partial charge on any atom is 0.0702 e. The largest absolute Gasteiger partial charge is 0.256 e. The fraction of sp³-hybridized carbons (Fsp3) is 0.522. The van der Waals surface area contributed by atoms with Crippen LogP contribution in [0.5, 0.6) is 0 Å². The van der Waals surface area contributed by atoms with Gasteiger partial charge in [0.15, 0.2) is 0 Å². The first-order valence-electron chi connectivity index (χ1n) is 9.82. The summed E-state index contributed by atoms with van der Waals surface area (Å²) in [6.07, 6.45) is 12.8. The lowest BCUT2D eigenvalue weighted by atomic mass is 9.78. The molecule has 0 saturated heterocycles. The predicted molar refractivity (Wildman–Crippen MR) is 103 cm³/mol. The predicted octanol–water partition coefficient (Wildman–Crippen LogP) is 6.46. The first-order valence-corrected chi connectivity index (χ1v) is 9.82. The molecular weight excluding hydrogens is 290 g/mol.